The lowest BCUT2D eigenvalue weighted by Gasteiger charge is -2.14. The van der Waals surface area contributed by atoms with Gasteiger partial charge in [0.15, 0.2) is 0 Å². The van der Waals surface area contributed by atoms with E-state index in [-0.39, 0.29) is 18.3 Å². The third-order valence-corrected chi connectivity index (χ3v) is 5.28. The zero-order valence-corrected chi connectivity index (χ0v) is 17.4. The number of nitrogens with one attached hydrogen (secondary N) is 1. The van der Waals surface area contributed by atoms with Crippen LogP contribution in [0.1, 0.15) is 32.9 Å². The van der Waals surface area contributed by atoms with Crippen molar-refractivity contribution in [1.82, 2.24) is 10.5 Å². The van der Waals surface area contributed by atoms with Crippen molar-refractivity contribution < 1.29 is 18.4 Å². The number of ether oxygens (including phenoxy) is 1. The first-order chi connectivity index (χ1) is 15.0. The number of benzene rings is 3. The van der Waals surface area contributed by atoms with Crippen molar-refractivity contribution in [2.24, 2.45) is 0 Å². The Bertz CT molecular complexity index is 1210. The van der Waals surface area contributed by atoms with Gasteiger partial charge in [-0.2, -0.15) is 0 Å². The summed E-state index contributed by atoms with van der Waals surface area (Å²) in [6.45, 7) is 4.24. The number of aryl methyl sites for hydroxylation is 2. The first-order valence-corrected chi connectivity index (χ1v) is 10.1. The Morgan fingerprint density at radius 3 is 2.48 bits per heavy atom. The molecule has 4 aromatic rings. The van der Waals surface area contributed by atoms with Gasteiger partial charge in [-0.15, -0.1) is 0 Å². The van der Waals surface area contributed by atoms with E-state index in [2.05, 4.69) is 10.5 Å². The second kappa shape index (κ2) is 9.00. The lowest BCUT2D eigenvalue weighted by atomic mass is 10.0. The highest BCUT2D eigenvalue weighted by molar-refractivity contribution is 6.01. The van der Waals surface area contributed by atoms with Gasteiger partial charge in [0, 0.05) is 6.54 Å². The van der Waals surface area contributed by atoms with E-state index in [1.54, 1.807) is 18.2 Å². The Morgan fingerprint density at radius 1 is 1.06 bits per heavy atom. The van der Waals surface area contributed by atoms with Crippen LogP contribution in [0, 0.1) is 19.7 Å². The molecule has 0 aliphatic rings. The molecule has 5 nitrogen and oxygen atoms in total. The molecule has 4 rings (SSSR count). The normalized spacial score (nSPS) is 10.9. The van der Waals surface area contributed by atoms with Crippen LogP contribution in [-0.4, -0.2) is 17.6 Å². The van der Waals surface area contributed by atoms with Crippen molar-refractivity contribution in [2.75, 3.05) is 6.54 Å². The van der Waals surface area contributed by atoms with E-state index in [9.17, 15) is 9.18 Å². The summed E-state index contributed by atoms with van der Waals surface area (Å²) in [4.78, 5) is 13.0. The average Bonchev–Trinajstić information content (AvgIpc) is 3.10. The summed E-state index contributed by atoms with van der Waals surface area (Å²) in [5, 5.41) is 8.73. The number of hydrogen-bond donors (Lipinski definition) is 1. The van der Waals surface area contributed by atoms with Crippen LogP contribution in [-0.2, 0) is 13.0 Å². The second-order valence-corrected chi connectivity index (χ2v) is 7.38. The number of carbonyl (C=O) groups is 1. The molecule has 0 fully saturated rings. The summed E-state index contributed by atoms with van der Waals surface area (Å²) in [5.41, 5.74) is 2.61. The third kappa shape index (κ3) is 4.58. The predicted molar refractivity (Wildman–Crippen MR) is 117 cm³/mol. The summed E-state index contributed by atoms with van der Waals surface area (Å²) < 4.78 is 25.1. The molecular weight excluding hydrogens is 395 g/mol. The zero-order chi connectivity index (χ0) is 21.8. The molecule has 1 amide bonds. The second-order valence-electron chi connectivity index (χ2n) is 7.38. The minimum Gasteiger partial charge on any atom is -0.488 e. The number of carbonyl (C=O) groups excluding carboxylic acids is 1. The maximum Gasteiger partial charge on any atom is 0.255 e. The van der Waals surface area contributed by atoms with Crippen LogP contribution in [0.15, 0.2) is 65.2 Å². The topological polar surface area (TPSA) is 64.4 Å². The fraction of sp³-hybridized carbons (Fsp3) is 0.200. The fourth-order valence-electron chi connectivity index (χ4n) is 3.48. The molecule has 0 saturated heterocycles. The average molecular weight is 418 g/mol. The molecule has 3 aromatic carbocycles. The molecule has 6 heteroatoms. The van der Waals surface area contributed by atoms with Crippen LogP contribution in [0.25, 0.3) is 10.8 Å². The van der Waals surface area contributed by atoms with E-state index in [0.717, 1.165) is 22.0 Å². The van der Waals surface area contributed by atoms with Crippen molar-refractivity contribution in [3.63, 3.8) is 0 Å². The lowest BCUT2D eigenvalue weighted by molar-refractivity contribution is 0.0949. The van der Waals surface area contributed by atoms with Crippen molar-refractivity contribution >= 4 is 16.7 Å². The molecule has 0 saturated carbocycles. The fourth-order valence-corrected chi connectivity index (χ4v) is 3.48. The molecule has 0 spiro atoms. The van der Waals surface area contributed by atoms with Gasteiger partial charge in [-0.1, -0.05) is 47.6 Å². The molecule has 0 unspecified atom stereocenters. The number of hydrogen-bond acceptors (Lipinski definition) is 4. The Morgan fingerprint density at radius 2 is 1.77 bits per heavy atom. The monoisotopic (exact) mass is 418 g/mol. The van der Waals surface area contributed by atoms with Gasteiger partial charge in [0.1, 0.15) is 23.9 Å². The Labute approximate surface area is 179 Å². The molecule has 1 heterocycles. The van der Waals surface area contributed by atoms with Crippen LogP contribution in [0.3, 0.4) is 0 Å². The number of halogens is 1. The Kier molecular flexibility index (Phi) is 5.98. The van der Waals surface area contributed by atoms with E-state index in [4.69, 9.17) is 9.26 Å². The molecular formula is C25H23FN2O3. The molecule has 0 atom stereocenters. The minimum atomic E-state index is -0.272. The minimum absolute atomic E-state index is 0.245. The van der Waals surface area contributed by atoms with E-state index in [1.807, 2.05) is 50.2 Å². The number of aromatic nitrogens is 1. The number of fused-ring (bicyclic) bond motifs is 1. The van der Waals surface area contributed by atoms with Crippen LogP contribution in [0.4, 0.5) is 4.39 Å². The molecule has 0 radical (unpaired) electrons. The maximum absolute atomic E-state index is 13.8. The van der Waals surface area contributed by atoms with Gasteiger partial charge in [0.25, 0.3) is 5.91 Å². The summed E-state index contributed by atoms with van der Waals surface area (Å²) in [6.07, 6.45) is 0.404. The van der Waals surface area contributed by atoms with E-state index in [1.165, 1.54) is 6.07 Å². The van der Waals surface area contributed by atoms with Crippen molar-refractivity contribution in [3.05, 3.63) is 94.6 Å². The Balaban J connectivity index is 1.55. The quantitative estimate of drug-likeness (QED) is 0.452. The predicted octanol–water partition coefficient (Wildman–Crippen LogP) is 5.14. The van der Waals surface area contributed by atoms with E-state index < -0.39 is 0 Å². The number of rotatable bonds is 7. The van der Waals surface area contributed by atoms with Gasteiger partial charge < -0.3 is 14.6 Å². The first-order valence-electron chi connectivity index (χ1n) is 10.1. The van der Waals surface area contributed by atoms with Gasteiger partial charge in [-0.3, -0.25) is 4.79 Å². The van der Waals surface area contributed by atoms with Crippen LogP contribution < -0.4 is 10.1 Å². The van der Waals surface area contributed by atoms with Crippen molar-refractivity contribution in [1.29, 1.82) is 0 Å². The molecule has 0 aliphatic carbocycles. The molecule has 158 valence electrons. The van der Waals surface area contributed by atoms with Gasteiger partial charge in [0.05, 0.1) is 16.8 Å². The van der Waals surface area contributed by atoms with Crippen LogP contribution >= 0.6 is 0 Å². The highest BCUT2D eigenvalue weighted by atomic mass is 19.1. The third-order valence-electron chi connectivity index (χ3n) is 5.28. The number of nitrogens with zero attached hydrogens (tertiary/aromatic N) is 1. The first kappa shape index (κ1) is 20.6. The van der Waals surface area contributed by atoms with Gasteiger partial charge >= 0.3 is 0 Å². The molecule has 0 aliphatic heterocycles. The highest BCUT2D eigenvalue weighted by Crippen LogP contribution is 2.28. The maximum atomic E-state index is 13.8. The molecule has 1 aromatic heterocycles. The summed E-state index contributed by atoms with van der Waals surface area (Å²) >= 11 is 0. The zero-order valence-electron chi connectivity index (χ0n) is 17.4. The standard InChI is InChI=1S/C25H23FN2O3/c1-16-22(17(2)31-28-16)15-30-24-14-20-9-4-3-8-19(20)13-21(24)25(29)27-12-11-18-7-5-6-10-23(18)26/h3-10,13-14H,11-12,15H2,1-2H3,(H,27,29). The van der Waals surface area contributed by atoms with Crippen LogP contribution in [0.5, 0.6) is 5.75 Å². The smallest absolute Gasteiger partial charge is 0.255 e. The van der Waals surface area contributed by atoms with Gasteiger partial charge in [-0.25, -0.2) is 4.39 Å². The summed E-state index contributed by atoms with van der Waals surface area (Å²) in [7, 11) is 0. The molecule has 31 heavy (non-hydrogen) atoms. The van der Waals surface area contributed by atoms with E-state index in [0.29, 0.717) is 35.6 Å². The SMILES string of the molecule is Cc1noc(C)c1COc1cc2ccccc2cc1C(=O)NCCc1ccccc1F. The summed E-state index contributed by atoms with van der Waals surface area (Å²) in [6, 6.07) is 18.0. The van der Waals surface area contributed by atoms with Gasteiger partial charge in [-0.05, 0) is 54.8 Å². The van der Waals surface area contributed by atoms with Crippen molar-refractivity contribution in [2.45, 2.75) is 26.9 Å². The summed E-state index contributed by atoms with van der Waals surface area (Å²) in [5.74, 6) is 0.623. The van der Waals surface area contributed by atoms with Gasteiger partial charge in [0.2, 0.25) is 0 Å². The molecule has 0 bridgehead atoms. The Hall–Kier alpha value is -3.67. The molecule has 1 N–H and O–H groups in total. The van der Waals surface area contributed by atoms with Crippen LogP contribution in [0.2, 0.25) is 0 Å². The largest absolute Gasteiger partial charge is 0.488 e. The van der Waals surface area contributed by atoms with E-state index >= 15 is 0 Å². The number of amides is 1. The highest BCUT2D eigenvalue weighted by Gasteiger charge is 2.16. The lowest BCUT2D eigenvalue weighted by Crippen LogP contribution is -2.26. The van der Waals surface area contributed by atoms with Crippen molar-refractivity contribution in [3.8, 4) is 5.75 Å².